The smallest absolute Gasteiger partial charge is 0.272 e. The van der Waals surface area contributed by atoms with Crippen LogP contribution in [0.25, 0.3) is 0 Å². The first-order chi connectivity index (χ1) is 9.02. The molecule has 1 saturated heterocycles. The number of rotatable bonds is 3. The number of hydrogen-bond donors (Lipinski definition) is 1. The van der Waals surface area contributed by atoms with Crippen molar-refractivity contribution in [3.8, 4) is 5.75 Å². The second-order valence-corrected chi connectivity index (χ2v) is 4.66. The highest BCUT2D eigenvalue weighted by molar-refractivity contribution is 5.34. The molecule has 106 valence electrons. The number of benzene rings is 1. The lowest BCUT2D eigenvalue weighted by molar-refractivity contribution is -0.0204. The minimum Gasteiger partial charge on any atom is -0.496 e. The molecule has 1 aromatic rings. The van der Waals surface area contributed by atoms with E-state index < -0.39 is 11.7 Å². The van der Waals surface area contributed by atoms with E-state index in [0.29, 0.717) is 24.4 Å². The van der Waals surface area contributed by atoms with Crippen molar-refractivity contribution in [2.24, 2.45) is 0 Å². The molecule has 1 fully saturated rings. The highest BCUT2D eigenvalue weighted by atomic mass is 19.3. The van der Waals surface area contributed by atoms with Crippen molar-refractivity contribution in [1.82, 2.24) is 10.2 Å². The van der Waals surface area contributed by atoms with E-state index >= 15 is 0 Å². The van der Waals surface area contributed by atoms with Crippen LogP contribution in [0, 0.1) is 5.82 Å². The minimum absolute atomic E-state index is 0.118. The van der Waals surface area contributed by atoms with Crippen LogP contribution >= 0.6 is 0 Å². The number of alkyl halides is 2. The summed E-state index contributed by atoms with van der Waals surface area (Å²) < 4.78 is 45.8. The molecule has 0 spiro atoms. The van der Waals surface area contributed by atoms with Gasteiger partial charge in [-0.1, -0.05) is 6.07 Å². The zero-order valence-corrected chi connectivity index (χ0v) is 10.8. The molecule has 1 aliphatic rings. The van der Waals surface area contributed by atoms with Crippen LogP contribution in [-0.4, -0.2) is 44.1 Å². The predicted molar refractivity (Wildman–Crippen MR) is 66.0 cm³/mol. The van der Waals surface area contributed by atoms with Gasteiger partial charge in [-0.25, -0.2) is 13.2 Å². The largest absolute Gasteiger partial charge is 0.496 e. The Kier molecular flexibility index (Phi) is 4.31. The lowest BCUT2D eigenvalue weighted by atomic mass is 10.1. The molecule has 1 heterocycles. The Morgan fingerprint density at radius 1 is 1.42 bits per heavy atom. The Morgan fingerprint density at radius 2 is 2.21 bits per heavy atom. The number of nitrogens with zero attached hydrogens (tertiary/aromatic N) is 1. The zero-order valence-electron chi connectivity index (χ0n) is 10.8. The fraction of sp³-hybridized carbons (Fsp3) is 0.538. The summed E-state index contributed by atoms with van der Waals surface area (Å²) in [5, 5.41) is 2.68. The van der Waals surface area contributed by atoms with Crippen molar-refractivity contribution in [3.63, 3.8) is 0 Å². The molecule has 0 atom stereocenters. The van der Waals surface area contributed by atoms with Crippen LogP contribution < -0.4 is 10.1 Å². The van der Waals surface area contributed by atoms with E-state index in [1.807, 2.05) is 0 Å². The van der Waals surface area contributed by atoms with E-state index in [1.165, 1.54) is 19.2 Å². The van der Waals surface area contributed by atoms with Gasteiger partial charge in [0.15, 0.2) is 0 Å². The van der Waals surface area contributed by atoms with E-state index in [2.05, 4.69) is 5.32 Å². The molecule has 0 radical (unpaired) electrons. The van der Waals surface area contributed by atoms with Crippen molar-refractivity contribution in [3.05, 3.63) is 29.6 Å². The average Bonchev–Trinajstić information content (AvgIpc) is 2.52. The molecule has 0 aromatic heterocycles. The summed E-state index contributed by atoms with van der Waals surface area (Å²) in [6, 6.07) is 4.48. The van der Waals surface area contributed by atoms with Crippen LogP contribution in [0.1, 0.15) is 5.56 Å². The maximum absolute atomic E-state index is 13.8. The van der Waals surface area contributed by atoms with Gasteiger partial charge in [-0.05, 0) is 12.1 Å². The van der Waals surface area contributed by atoms with Gasteiger partial charge in [-0.2, -0.15) is 0 Å². The molecule has 2 rings (SSSR count). The third-order valence-electron chi connectivity index (χ3n) is 3.12. The van der Waals surface area contributed by atoms with Gasteiger partial charge in [0.1, 0.15) is 11.6 Å². The molecule has 0 bridgehead atoms. The van der Waals surface area contributed by atoms with Gasteiger partial charge in [0, 0.05) is 25.2 Å². The van der Waals surface area contributed by atoms with E-state index in [4.69, 9.17) is 4.74 Å². The third-order valence-corrected chi connectivity index (χ3v) is 3.12. The summed E-state index contributed by atoms with van der Waals surface area (Å²) in [4.78, 5) is 1.54. The highest BCUT2D eigenvalue weighted by Crippen LogP contribution is 2.25. The van der Waals surface area contributed by atoms with E-state index in [0.717, 1.165) is 0 Å². The molecule has 1 N–H and O–H groups in total. The van der Waals surface area contributed by atoms with Gasteiger partial charge < -0.3 is 10.1 Å². The Labute approximate surface area is 110 Å². The van der Waals surface area contributed by atoms with E-state index in [1.54, 1.807) is 11.0 Å². The average molecular weight is 274 g/mol. The fourth-order valence-electron chi connectivity index (χ4n) is 2.21. The van der Waals surface area contributed by atoms with Crippen molar-refractivity contribution >= 4 is 0 Å². The molecule has 0 unspecified atom stereocenters. The quantitative estimate of drug-likeness (QED) is 0.910. The number of ether oxygens (including phenoxy) is 1. The molecule has 1 aromatic carbocycles. The Bertz CT molecular complexity index is 440. The summed E-state index contributed by atoms with van der Waals surface area (Å²) in [5.41, 5.74) is 0.322. The standard InChI is InChI=1S/C13H17F3N2O/c1-19-12-4-2-3-11(14)10(12)7-18-6-5-17-8-13(15,16)9-18/h2-4,17H,5-9H2,1H3. The predicted octanol–water partition coefficient (Wildman–Crippen LogP) is 1.87. The maximum atomic E-state index is 13.8. The minimum atomic E-state index is -2.80. The molecule has 1 aliphatic heterocycles. The second-order valence-electron chi connectivity index (χ2n) is 4.66. The topological polar surface area (TPSA) is 24.5 Å². The zero-order chi connectivity index (χ0) is 13.9. The first-order valence-corrected chi connectivity index (χ1v) is 6.14. The monoisotopic (exact) mass is 274 g/mol. The van der Waals surface area contributed by atoms with Gasteiger partial charge in [0.25, 0.3) is 5.92 Å². The summed E-state index contributed by atoms with van der Waals surface area (Å²) >= 11 is 0. The van der Waals surface area contributed by atoms with Crippen LogP contribution in [0.2, 0.25) is 0 Å². The van der Waals surface area contributed by atoms with Gasteiger partial charge >= 0.3 is 0 Å². The van der Waals surface area contributed by atoms with Gasteiger partial charge in [-0.15, -0.1) is 0 Å². The highest BCUT2D eigenvalue weighted by Gasteiger charge is 2.33. The molecule has 0 aliphatic carbocycles. The van der Waals surface area contributed by atoms with Crippen molar-refractivity contribution in [2.45, 2.75) is 12.5 Å². The van der Waals surface area contributed by atoms with Crippen LogP contribution in [0.3, 0.4) is 0 Å². The van der Waals surface area contributed by atoms with E-state index in [9.17, 15) is 13.2 Å². The summed E-state index contributed by atoms with van der Waals surface area (Å²) in [5.74, 6) is -2.84. The van der Waals surface area contributed by atoms with Crippen LogP contribution in [0.15, 0.2) is 18.2 Å². The number of nitrogens with one attached hydrogen (secondary N) is 1. The number of methoxy groups -OCH3 is 1. The molecule has 0 amide bonds. The van der Waals surface area contributed by atoms with Crippen LogP contribution in [0.4, 0.5) is 13.2 Å². The van der Waals surface area contributed by atoms with Gasteiger partial charge in [0.2, 0.25) is 0 Å². The summed E-state index contributed by atoms with van der Waals surface area (Å²) in [6.07, 6.45) is 0. The first-order valence-electron chi connectivity index (χ1n) is 6.14. The fourth-order valence-corrected chi connectivity index (χ4v) is 2.21. The molecular formula is C13H17F3N2O. The summed E-state index contributed by atoms with van der Waals surface area (Å²) in [7, 11) is 1.44. The Morgan fingerprint density at radius 3 is 2.95 bits per heavy atom. The lowest BCUT2D eigenvalue weighted by Crippen LogP contribution is -2.38. The van der Waals surface area contributed by atoms with Gasteiger partial charge in [0.05, 0.1) is 20.2 Å². The molecule has 0 saturated carbocycles. The van der Waals surface area contributed by atoms with Crippen molar-refractivity contribution < 1.29 is 17.9 Å². The van der Waals surface area contributed by atoms with Crippen molar-refractivity contribution in [1.29, 1.82) is 0 Å². The maximum Gasteiger partial charge on any atom is 0.272 e. The molecule has 3 nitrogen and oxygen atoms in total. The Balaban J connectivity index is 2.16. The number of hydrogen-bond acceptors (Lipinski definition) is 3. The number of halogens is 3. The SMILES string of the molecule is COc1cccc(F)c1CN1CCNCC(F)(F)C1. The summed E-state index contributed by atoms with van der Waals surface area (Å²) in [6.45, 7) is 0.321. The third kappa shape index (κ3) is 3.61. The Hall–Kier alpha value is -1.27. The second kappa shape index (κ2) is 5.79. The van der Waals surface area contributed by atoms with E-state index in [-0.39, 0.29) is 19.6 Å². The molecule has 19 heavy (non-hydrogen) atoms. The molecule has 6 heteroatoms. The van der Waals surface area contributed by atoms with Gasteiger partial charge in [-0.3, -0.25) is 4.90 Å². The normalized spacial score (nSPS) is 20.0. The van der Waals surface area contributed by atoms with Crippen molar-refractivity contribution in [2.75, 3.05) is 33.3 Å². The van der Waals surface area contributed by atoms with Crippen LogP contribution in [0.5, 0.6) is 5.75 Å². The molecular weight excluding hydrogens is 257 g/mol. The van der Waals surface area contributed by atoms with Crippen LogP contribution in [-0.2, 0) is 6.54 Å². The lowest BCUT2D eigenvalue weighted by Gasteiger charge is -2.24. The first kappa shape index (κ1) is 14.1.